The number of pyridine rings is 1. The molecule has 3 rings (SSSR count). The molecule has 162 valence electrons. The van der Waals surface area contributed by atoms with Crippen LogP contribution in [0.2, 0.25) is 5.15 Å². The molecule has 0 bridgehead atoms. The lowest BCUT2D eigenvalue weighted by molar-refractivity contribution is -0.143. The predicted molar refractivity (Wildman–Crippen MR) is 120 cm³/mol. The van der Waals surface area contributed by atoms with Crippen molar-refractivity contribution >= 4 is 29.3 Å². The maximum absolute atomic E-state index is 12.4. The number of hydrogen-bond acceptors (Lipinski definition) is 4. The number of piperazine rings is 1. The highest BCUT2D eigenvalue weighted by molar-refractivity contribution is 6.29. The molecule has 8 heteroatoms. The minimum Gasteiger partial charge on any atom is -0.355 e. The van der Waals surface area contributed by atoms with Crippen LogP contribution in [0.3, 0.4) is 0 Å². The number of rotatable bonds is 4. The average Bonchev–Trinajstić information content (AvgIpc) is 2.76. The van der Waals surface area contributed by atoms with Crippen LogP contribution in [0.4, 0.5) is 0 Å². The van der Waals surface area contributed by atoms with E-state index in [-0.39, 0.29) is 35.0 Å². The quantitative estimate of drug-likeness (QED) is 0.585. The molecule has 2 heterocycles. The summed E-state index contributed by atoms with van der Waals surface area (Å²) in [5.74, 6) is -0.468. The number of amides is 3. The first-order chi connectivity index (χ1) is 14.7. The Hall–Kier alpha value is -3.19. The van der Waals surface area contributed by atoms with E-state index in [1.807, 2.05) is 19.1 Å². The van der Waals surface area contributed by atoms with Crippen LogP contribution in [0, 0.1) is 0 Å². The standard InChI is InChI=1S/C23H25ClN4O3/c1-5-22(30)27-12-14(2)28(15(3)29)20(13-27)18-10-19(26-21(24)11-18)16-7-6-8-17(9-16)23(31)25-4/h5-11,14,20H,1,12-13H2,2-4H3,(H,25,31)/t14-,20-/m0/s1. The lowest BCUT2D eigenvalue weighted by Gasteiger charge is -2.45. The Kier molecular flexibility index (Phi) is 6.75. The van der Waals surface area contributed by atoms with Gasteiger partial charge in [-0.1, -0.05) is 30.3 Å². The summed E-state index contributed by atoms with van der Waals surface area (Å²) in [5, 5.41) is 2.87. The van der Waals surface area contributed by atoms with Crippen molar-refractivity contribution in [1.82, 2.24) is 20.1 Å². The van der Waals surface area contributed by atoms with Gasteiger partial charge >= 0.3 is 0 Å². The molecule has 0 aliphatic carbocycles. The molecule has 1 aromatic heterocycles. The van der Waals surface area contributed by atoms with Crippen LogP contribution >= 0.6 is 11.6 Å². The SMILES string of the molecule is C=CC(=O)N1C[C@H](C)N(C(C)=O)[C@H](c2cc(Cl)nc(-c3cccc(C(=O)NC)c3)c2)C1. The minimum atomic E-state index is -0.383. The van der Waals surface area contributed by atoms with E-state index in [4.69, 9.17) is 11.6 Å². The highest BCUT2D eigenvalue weighted by Gasteiger charge is 2.36. The number of nitrogens with zero attached hydrogens (tertiary/aromatic N) is 3. The molecule has 1 aliphatic heterocycles. The van der Waals surface area contributed by atoms with Gasteiger partial charge in [-0.05, 0) is 42.8 Å². The average molecular weight is 441 g/mol. The third-order valence-electron chi connectivity index (χ3n) is 5.39. The summed E-state index contributed by atoms with van der Waals surface area (Å²) in [4.78, 5) is 44.6. The molecule has 1 aromatic carbocycles. The van der Waals surface area contributed by atoms with Crippen LogP contribution in [0.1, 0.15) is 35.8 Å². The van der Waals surface area contributed by atoms with Gasteiger partial charge in [-0.2, -0.15) is 0 Å². The zero-order chi connectivity index (χ0) is 22.7. The molecular formula is C23H25ClN4O3. The van der Waals surface area contributed by atoms with Gasteiger partial charge in [0.15, 0.2) is 0 Å². The Morgan fingerprint density at radius 3 is 2.61 bits per heavy atom. The number of aromatic nitrogens is 1. The minimum absolute atomic E-state index is 0.0840. The van der Waals surface area contributed by atoms with Crippen LogP contribution in [0.5, 0.6) is 0 Å². The van der Waals surface area contributed by atoms with Crippen molar-refractivity contribution in [2.75, 3.05) is 20.1 Å². The van der Waals surface area contributed by atoms with Gasteiger partial charge in [-0.15, -0.1) is 0 Å². The van der Waals surface area contributed by atoms with E-state index in [0.717, 1.165) is 11.1 Å². The Morgan fingerprint density at radius 1 is 1.23 bits per heavy atom. The Labute approximate surface area is 186 Å². The number of hydrogen-bond donors (Lipinski definition) is 1. The van der Waals surface area contributed by atoms with E-state index in [9.17, 15) is 14.4 Å². The molecule has 0 unspecified atom stereocenters. The molecule has 2 atom stereocenters. The zero-order valence-corrected chi connectivity index (χ0v) is 18.5. The second-order valence-electron chi connectivity index (χ2n) is 7.51. The number of benzene rings is 1. The summed E-state index contributed by atoms with van der Waals surface area (Å²) in [7, 11) is 1.57. The fourth-order valence-corrected chi connectivity index (χ4v) is 4.23. The van der Waals surface area contributed by atoms with Crippen molar-refractivity contribution in [2.45, 2.75) is 25.9 Å². The largest absolute Gasteiger partial charge is 0.355 e. The van der Waals surface area contributed by atoms with E-state index in [1.54, 1.807) is 41.1 Å². The molecule has 2 aromatic rings. The molecule has 1 aliphatic rings. The molecule has 3 amide bonds. The molecule has 0 spiro atoms. The van der Waals surface area contributed by atoms with Crippen LogP contribution < -0.4 is 5.32 Å². The van der Waals surface area contributed by atoms with Crippen LogP contribution in [-0.4, -0.2) is 58.7 Å². The van der Waals surface area contributed by atoms with E-state index in [1.165, 1.54) is 13.0 Å². The van der Waals surface area contributed by atoms with Crippen molar-refractivity contribution in [2.24, 2.45) is 0 Å². The maximum Gasteiger partial charge on any atom is 0.251 e. The summed E-state index contributed by atoms with van der Waals surface area (Å²) in [6, 6.07) is 10.1. The lowest BCUT2D eigenvalue weighted by Crippen LogP contribution is -2.56. The molecule has 1 N–H and O–H groups in total. The van der Waals surface area contributed by atoms with Crippen molar-refractivity contribution in [3.05, 3.63) is 65.3 Å². The summed E-state index contributed by atoms with van der Waals surface area (Å²) >= 11 is 6.35. The molecular weight excluding hydrogens is 416 g/mol. The Balaban J connectivity index is 2.06. The predicted octanol–water partition coefficient (Wildman–Crippen LogP) is 3.07. The van der Waals surface area contributed by atoms with Gasteiger partial charge < -0.3 is 15.1 Å². The smallest absolute Gasteiger partial charge is 0.251 e. The molecule has 7 nitrogen and oxygen atoms in total. The molecule has 1 fully saturated rings. The summed E-state index contributed by atoms with van der Waals surface area (Å²) in [6.07, 6.45) is 1.28. The highest BCUT2D eigenvalue weighted by Crippen LogP contribution is 2.33. The highest BCUT2D eigenvalue weighted by atomic mass is 35.5. The number of carbonyl (C=O) groups is 3. The molecule has 0 radical (unpaired) electrons. The molecule has 0 saturated carbocycles. The maximum atomic E-state index is 12.4. The van der Waals surface area contributed by atoms with Crippen LogP contribution in [0.15, 0.2) is 49.1 Å². The Morgan fingerprint density at radius 2 is 1.97 bits per heavy atom. The monoisotopic (exact) mass is 440 g/mol. The van der Waals surface area contributed by atoms with Crippen LogP contribution in [-0.2, 0) is 9.59 Å². The third-order valence-corrected chi connectivity index (χ3v) is 5.58. The van der Waals surface area contributed by atoms with Gasteiger partial charge in [0.1, 0.15) is 5.15 Å². The topological polar surface area (TPSA) is 82.6 Å². The first-order valence-electron chi connectivity index (χ1n) is 9.95. The zero-order valence-electron chi connectivity index (χ0n) is 17.8. The number of carbonyl (C=O) groups excluding carboxylic acids is 3. The summed E-state index contributed by atoms with van der Waals surface area (Å²) in [6.45, 7) is 7.76. The van der Waals surface area contributed by atoms with Gasteiger partial charge in [0.2, 0.25) is 11.8 Å². The summed E-state index contributed by atoms with van der Waals surface area (Å²) < 4.78 is 0. The van der Waals surface area contributed by atoms with Gasteiger partial charge in [0.25, 0.3) is 5.91 Å². The van der Waals surface area contributed by atoms with E-state index in [0.29, 0.717) is 24.3 Å². The second-order valence-corrected chi connectivity index (χ2v) is 7.89. The van der Waals surface area contributed by atoms with Crippen molar-refractivity contribution < 1.29 is 14.4 Å². The Bertz CT molecular complexity index is 1040. The van der Waals surface area contributed by atoms with Gasteiger partial charge in [-0.3, -0.25) is 14.4 Å². The third kappa shape index (κ3) is 4.77. The normalized spacial score (nSPS) is 18.5. The van der Waals surface area contributed by atoms with Gasteiger partial charge in [0.05, 0.1) is 11.7 Å². The van der Waals surface area contributed by atoms with E-state index in [2.05, 4.69) is 16.9 Å². The molecule has 31 heavy (non-hydrogen) atoms. The first kappa shape index (κ1) is 22.5. The van der Waals surface area contributed by atoms with Crippen LogP contribution in [0.25, 0.3) is 11.3 Å². The van der Waals surface area contributed by atoms with Crippen molar-refractivity contribution in [1.29, 1.82) is 0 Å². The lowest BCUT2D eigenvalue weighted by atomic mass is 9.97. The summed E-state index contributed by atoms with van der Waals surface area (Å²) in [5.41, 5.74) is 2.57. The van der Waals surface area contributed by atoms with E-state index >= 15 is 0 Å². The first-order valence-corrected chi connectivity index (χ1v) is 10.3. The molecule has 1 saturated heterocycles. The number of nitrogens with one attached hydrogen (secondary N) is 1. The van der Waals surface area contributed by atoms with Gasteiger partial charge in [0, 0.05) is 44.2 Å². The fourth-order valence-electron chi connectivity index (χ4n) is 4.01. The van der Waals surface area contributed by atoms with Crippen molar-refractivity contribution in [3.8, 4) is 11.3 Å². The fraction of sp³-hybridized carbons (Fsp3) is 0.304. The second kappa shape index (κ2) is 9.31. The number of halogens is 1. The van der Waals surface area contributed by atoms with Crippen molar-refractivity contribution in [3.63, 3.8) is 0 Å². The van der Waals surface area contributed by atoms with Gasteiger partial charge in [-0.25, -0.2) is 4.98 Å². The van der Waals surface area contributed by atoms with E-state index < -0.39 is 0 Å².